The van der Waals surface area contributed by atoms with E-state index in [4.69, 9.17) is 4.74 Å². The topological polar surface area (TPSA) is 89.0 Å². The fourth-order valence-electron chi connectivity index (χ4n) is 1.89. The largest absolute Gasteiger partial charge is 0.492 e. The minimum absolute atomic E-state index is 0.120. The van der Waals surface area contributed by atoms with Crippen LogP contribution in [0.4, 0.5) is 0 Å². The molecule has 0 saturated carbocycles. The highest BCUT2D eigenvalue weighted by molar-refractivity contribution is 7.99. The molecule has 0 saturated heterocycles. The van der Waals surface area contributed by atoms with Crippen LogP contribution in [0.5, 0.6) is 5.75 Å². The molecule has 0 spiro atoms. The van der Waals surface area contributed by atoms with Crippen LogP contribution in [0.15, 0.2) is 40.3 Å². The van der Waals surface area contributed by atoms with Crippen molar-refractivity contribution < 1.29 is 9.53 Å². The molecule has 2 rings (SSSR count). The van der Waals surface area contributed by atoms with Gasteiger partial charge in [-0.25, -0.2) is 9.89 Å². The second-order valence-electron chi connectivity index (χ2n) is 4.76. The maximum absolute atomic E-state index is 11.8. The number of aromatic amines is 1. The van der Waals surface area contributed by atoms with Gasteiger partial charge in [-0.05, 0) is 18.6 Å². The first-order chi connectivity index (χ1) is 11.2. The third kappa shape index (κ3) is 5.48. The van der Waals surface area contributed by atoms with Crippen molar-refractivity contribution in [3.05, 3.63) is 40.8 Å². The van der Waals surface area contributed by atoms with Gasteiger partial charge in [-0.15, -0.1) is 5.10 Å². The van der Waals surface area contributed by atoms with E-state index in [1.807, 2.05) is 37.3 Å². The normalized spacial score (nSPS) is 10.5. The number of hydrogen-bond donors (Lipinski definition) is 2. The second kappa shape index (κ2) is 9.04. The van der Waals surface area contributed by atoms with E-state index in [1.54, 1.807) is 0 Å². The molecule has 2 aromatic rings. The van der Waals surface area contributed by atoms with Crippen molar-refractivity contribution in [2.24, 2.45) is 0 Å². The molecule has 1 heterocycles. The van der Waals surface area contributed by atoms with Crippen LogP contribution in [0.25, 0.3) is 0 Å². The molecule has 0 bridgehead atoms. The molecule has 0 aliphatic heterocycles. The smallest absolute Gasteiger partial charge is 0.343 e. The molecule has 1 aromatic carbocycles. The summed E-state index contributed by atoms with van der Waals surface area (Å²) in [6.45, 7) is 3.40. The lowest BCUT2D eigenvalue weighted by Crippen LogP contribution is -2.29. The minimum atomic E-state index is -0.244. The number of H-pyrrole nitrogens is 1. The highest BCUT2D eigenvalue weighted by Crippen LogP contribution is 2.12. The van der Waals surface area contributed by atoms with Crippen LogP contribution in [0.2, 0.25) is 0 Å². The average molecular weight is 336 g/mol. The van der Waals surface area contributed by atoms with Crippen LogP contribution in [-0.2, 0) is 11.3 Å². The van der Waals surface area contributed by atoms with E-state index in [1.165, 1.54) is 16.3 Å². The van der Waals surface area contributed by atoms with Gasteiger partial charge in [0.1, 0.15) is 12.4 Å². The number of carbonyl (C=O) groups excluding carboxylic acids is 1. The number of ether oxygens (including phenoxy) is 1. The van der Waals surface area contributed by atoms with Gasteiger partial charge in [-0.2, -0.15) is 0 Å². The van der Waals surface area contributed by atoms with Crippen molar-refractivity contribution in [1.29, 1.82) is 0 Å². The zero-order valence-corrected chi connectivity index (χ0v) is 13.8. The molecule has 124 valence electrons. The van der Waals surface area contributed by atoms with Crippen LogP contribution in [0.3, 0.4) is 0 Å². The second-order valence-corrected chi connectivity index (χ2v) is 5.71. The van der Waals surface area contributed by atoms with Crippen molar-refractivity contribution in [2.75, 3.05) is 18.9 Å². The number of carbonyl (C=O) groups is 1. The van der Waals surface area contributed by atoms with E-state index < -0.39 is 0 Å². The van der Waals surface area contributed by atoms with Crippen LogP contribution < -0.4 is 15.7 Å². The molecule has 1 aromatic heterocycles. The van der Waals surface area contributed by atoms with E-state index in [-0.39, 0.29) is 17.3 Å². The van der Waals surface area contributed by atoms with Crippen molar-refractivity contribution in [3.8, 4) is 5.75 Å². The predicted octanol–water partition coefficient (Wildman–Crippen LogP) is 1.27. The van der Waals surface area contributed by atoms with E-state index in [0.717, 1.165) is 12.2 Å². The Kier molecular flexibility index (Phi) is 6.74. The zero-order valence-electron chi connectivity index (χ0n) is 12.9. The Morgan fingerprint density at radius 2 is 2.17 bits per heavy atom. The van der Waals surface area contributed by atoms with Crippen LogP contribution >= 0.6 is 11.8 Å². The zero-order chi connectivity index (χ0) is 16.5. The molecule has 8 heteroatoms. The Balaban J connectivity index is 1.68. The molecule has 0 radical (unpaired) electrons. The van der Waals surface area contributed by atoms with Crippen molar-refractivity contribution in [1.82, 2.24) is 20.1 Å². The van der Waals surface area contributed by atoms with Gasteiger partial charge in [0, 0.05) is 6.54 Å². The summed E-state index contributed by atoms with van der Waals surface area (Å²) in [6, 6.07) is 9.43. The number of nitrogens with one attached hydrogen (secondary N) is 2. The first-order valence-electron chi connectivity index (χ1n) is 7.43. The standard InChI is InChI=1S/C15H20N4O3S/c1-2-9-19-14(21)17-18-15(19)23-11-13(20)16-8-10-22-12-6-4-3-5-7-12/h3-7H,2,8-11H2,1H3,(H,16,20)(H,17,21). The average Bonchev–Trinajstić information content (AvgIpc) is 2.91. The number of nitrogens with zero attached hydrogens (tertiary/aromatic N) is 2. The van der Waals surface area contributed by atoms with Gasteiger partial charge in [0.05, 0.1) is 12.3 Å². The van der Waals surface area contributed by atoms with E-state index in [9.17, 15) is 9.59 Å². The van der Waals surface area contributed by atoms with Crippen LogP contribution in [0.1, 0.15) is 13.3 Å². The Morgan fingerprint density at radius 3 is 2.91 bits per heavy atom. The number of rotatable bonds is 9. The molecular formula is C15H20N4O3S. The lowest BCUT2D eigenvalue weighted by molar-refractivity contribution is -0.118. The number of benzene rings is 1. The summed E-state index contributed by atoms with van der Waals surface area (Å²) < 4.78 is 7.03. The summed E-state index contributed by atoms with van der Waals surface area (Å²) in [4.78, 5) is 23.3. The van der Waals surface area contributed by atoms with Gasteiger partial charge in [-0.1, -0.05) is 36.9 Å². The van der Waals surface area contributed by atoms with E-state index >= 15 is 0 Å². The number of hydrogen-bond acceptors (Lipinski definition) is 5. The molecular weight excluding hydrogens is 316 g/mol. The summed E-state index contributed by atoms with van der Waals surface area (Å²) in [7, 11) is 0. The van der Waals surface area contributed by atoms with Gasteiger partial charge < -0.3 is 10.1 Å². The number of para-hydroxylation sites is 1. The van der Waals surface area contributed by atoms with Crippen molar-refractivity contribution in [3.63, 3.8) is 0 Å². The molecule has 1 amide bonds. The molecule has 23 heavy (non-hydrogen) atoms. The molecule has 0 aliphatic carbocycles. The maximum Gasteiger partial charge on any atom is 0.343 e. The fraction of sp³-hybridized carbons (Fsp3) is 0.400. The molecule has 2 N–H and O–H groups in total. The van der Waals surface area contributed by atoms with Gasteiger partial charge in [0.2, 0.25) is 5.91 Å². The molecule has 0 fully saturated rings. The minimum Gasteiger partial charge on any atom is -0.492 e. The summed E-state index contributed by atoms with van der Waals surface area (Å²) >= 11 is 1.24. The fourth-order valence-corrected chi connectivity index (χ4v) is 2.69. The molecule has 0 atom stereocenters. The third-order valence-electron chi connectivity index (χ3n) is 2.94. The van der Waals surface area contributed by atoms with Crippen LogP contribution in [-0.4, -0.2) is 39.6 Å². The lowest BCUT2D eigenvalue weighted by atomic mass is 10.3. The third-order valence-corrected chi connectivity index (χ3v) is 3.92. The Labute approximate surface area is 138 Å². The van der Waals surface area contributed by atoms with Gasteiger partial charge in [0.15, 0.2) is 5.16 Å². The van der Waals surface area contributed by atoms with Crippen molar-refractivity contribution in [2.45, 2.75) is 25.0 Å². The van der Waals surface area contributed by atoms with Crippen molar-refractivity contribution >= 4 is 17.7 Å². The monoisotopic (exact) mass is 336 g/mol. The Morgan fingerprint density at radius 1 is 1.39 bits per heavy atom. The SMILES string of the molecule is CCCn1c(SCC(=O)NCCOc2ccccc2)n[nH]c1=O. The summed E-state index contributed by atoms with van der Waals surface area (Å²) in [5.74, 6) is 0.862. The number of amides is 1. The Hall–Kier alpha value is -2.22. The van der Waals surface area contributed by atoms with Gasteiger partial charge in [0.25, 0.3) is 0 Å². The number of aromatic nitrogens is 3. The Bertz CT molecular complexity index is 669. The molecule has 0 aliphatic rings. The van der Waals surface area contributed by atoms with Crippen LogP contribution in [0, 0.1) is 0 Å². The van der Waals surface area contributed by atoms with Gasteiger partial charge in [-0.3, -0.25) is 9.36 Å². The highest BCUT2D eigenvalue weighted by Gasteiger charge is 2.10. The van der Waals surface area contributed by atoms with Gasteiger partial charge >= 0.3 is 5.69 Å². The molecule has 7 nitrogen and oxygen atoms in total. The summed E-state index contributed by atoms with van der Waals surface area (Å²) in [6.07, 6.45) is 0.829. The van der Waals surface area contributed by atoms with E-state index in [0.29, 0.717) is 24.9 Å². The molecule has 0 unspecified atom stereocenters. The van der Waals surface area contributed by atoms with E-state index in [2.05, 4.69) is 15.5 Å². The quantitative estimate of drug-likeness (QED) is 0.532. The highest BCUT2D eigenvalue weighted by atomic mass is 32.2. The predicted molar refractivity (Wildman–Crippen MR) is 88.8 cm³/mol. The maximum atomic E-state index is 11.8. The lowest BCUT2D eigenvalue weighted by Gasteiger charge is -2.07. The summed E-state index contributed by atoms with van der Waals surface area (Å²) in [5.41, 5.74) is -0.244. The first-order valence-corrected chi connectivity index (χ1v) is 8.41. The summed E-state index contributed by atoms with van der Waals surface area (Å²) in [5, 5.41) is 9.63. The first kappa shape index (κ1) is 17.1. The number of thioether (sulfide) groups is 1.